The van der Waals surface area contributed by atoms with E-state index in [1.807, 2.05) is 7.05 Å². The van der Waals surface area contributed by atoms with Gasteiger partial charge in [0.15, 0.2) is 5.96 Å². The van der Waals surface area contributed by atoms with Gasteiger partial charge in [0.1, 0.15) is 5.75 Å². The molecular weight excluding hydrogens is 306 g/mol. The maximum atomic E-state index is 6.01. The van der Waals surface area contributed by atoms with E-state index >= 15 is 0 Å². The van der Waals surface area contributed by atoms with Gasteiger partial charge in [-0.3, -0.25) is 0 Å². The second-order valence-corrected chi connectivity index (χ2v) is 6.08. The van der Waals surface area contributed by atoms with Gasteiger partial charge in [0.2, 0.25) is 0 Å². The number of hydrogen-bond donors (Lipinski definition) is 1. The van der Waals surface area contributed by atoms with Crippen molar-refractivity contribution in [3.05, 3.63) is 27.7 Å². The highest BCUT2D eigenvalue weighted by molar-refractivity contribution is 9.10. The lowest BCUT2D eigenvalue weighted by molar-refractivity contribution is 0.353. The predicted molar refractivity (Wildman–Crippen MR) is 79.5 cm³/mol. The number of aliphatic imine (C=N–C) groups is 1. The Morgan fingerprint density at radius 1 is 1.53 bits per heavy atom. The average molecular weight is 324 g/mol. The maximum Gasteiger partial charge on any atom is 0.191 e. The van der Waals surface area contributed by atoms with Crippen molar-refractivity contribution in [2.45, 2.75) is 31.8 Å². The highest BCUT2D eigenvalue weighted by atomic mass is 79.9. The third-order valence-electron chi connectivity index (χ3n) is 3.69. The molecule has 2 aliphatic rings. The van der Waals surface area contributed by atoms with Crippen LogP contribution in [0.2, 0.25) is 0 Å². The number of nitrogens with zero attached hydrogens (tertiary/aromatic N) is 2. The largest absolute Gasteiger partial charge is 0.493 e. The molecule has 3 rings (SSSR count). The van der Waals surface area contributed by atoms with Crippen LogP contribution in [0, 0.1) is 0 Å². The maximum absolute atomic E-state index is 6.01. The zero-order chi connectivity index (χ0) is 13.4. The Balaban J connectivity index is 1.78. The van der Waals surface area contributed by atoms with E-state index in [9.17, 15) is 0 Å². The van der Waals surface area contributed by atoms with E-state index in [1.54, 1.807) is 0 Å². The number of hydrogen-bond acceptors (Lipinski definition) is 2. The molecule has 0 unspecified atom stereocenters. The van der Waals surface area contributed by atoms with Crippen molar-refractivity contribution in [3.8, 4) is 5.75 Å². The number of halogens is 1. The van der Waals surface area contributed by atoms with Crippen LogP contribution < -0.4 is 10.5 Å². The number of rotatable bonds is 3. The summed E-state index contributed by atoms with van der Waals surface area (Å²) in [5.74, 6) is 1.61. The fourth-order valence-corrected chi connectivity index (χ4v) is 2.94. The fourth-order valence-electron chi connectivity index (χ4n) is 2.39. The van der Waals surface area contributed by atoms with Crippen molar-refractivity contribution in [2.75, 3.05) is 13.7 Å². The van der Waals surface area contributed by atoms with Crippen molar-refractivity contribution >= 4 is 21.9 Å². The van der Waals surface area contributed by atoms with Crippen molar-refractivity contribution in [2.24, 2.45) is 10.7 Å². The van der Waals surface area contributed by atoms with Crippen molar-refractivity contribution in [1.29, 1.82) is 0 Å². The quantitative estimate of drug-likeness (QED) is 0.686. The molecule has 1 aliphatic heterocycles. The summed E-state index contributed by atoms with van der Waals surface area (Å²) >= 11 is 3.54. The molecule has 102 valence electrons. The third-order valence-corrected chi connectivity index (χ3v) is 4.15. The molecule has 0 spiro atoms. The van der Waals surface area contributed by atoms with Gasteiger partial charge in [0, 0.05) is 29.5 Å². The molecule has 1 fully saturated rings. The minimum atomic E-state index is 0.574. The molecule has 1 aliphatic carbocycles. The minimum absolute atomic E-state index is 0.574. The van der Waals surface area contributed by atoms with Crippen LogP contribution in [0.4, 0.5) is 0 Å². The number of nitrogens with two attached hydrogens (primary N) is 1. The van der Waals surface area contributed by atoms with Crippen molar-refractivity contribution in [3.63, 3.8) is 0 Å². The third kappa shape index (κ3) is 2.71. The average Bonchev–Trinajstić information content (AvgIpc) is 3.13. The van der Waals surface area contributed by atoms with Crippen LogP contribution in [0.25, 0.3) is 0 Å². The van der Waals surface area contributed by atoms with Gasteiger partial charge in [-0.1, -0.05) is 15.9 Å². The first-order valence-electron chi connectivity index (χ1n) is 6.62. The van der Waals surface area contributed by atoms with Gasteiger partial charge in [-0.25, -0.2) is 4.99 Å². The lowest BCUT2D eigenvalue weighted by Crippen LogP contribution is -2.35. The topological polar surface area (TPSA) is 50.8 Å². The van der Waals surface area contributed by atoms with Gasteiger partial charge in [0.05, 0.1) is 13.2 Å². The molecule has 4 nitrogen and oxygen atoms in total. The molecule has 2 N–H and O–H groups in total. The molecule has 19 heavy (non-hydrogen) atoms. The zero-order valence-corrected chi connectivity index (χ0v) is 12.6. The summed E-state index contributed by atoms with van der Waals surface area (Å²) in [4.78, 5) is 6.56. The lowest BCUT2D eigenvalue weighted by Gasteiger charge is -2.17. The van der Waals surface area contributed by atoms with Crippen LogP contribution in [0.1, 0.15) is 24.0 Å². The first-order chi connectivity index (χ1) is 9.15. The Labute approximate surface area is 121 Å². The van der Waals surface area contributed by atoms with Gasteiger partial charge in [-0.15, -0.1) is 0 Å². The van der Waals surface area contributed by atoms with Crippen LogP contribution in [0.15, 0.2) is 21.6 Å². The summed E-state index contributed by atoms with van der Waals surface area (Å²) in [5.41, 5.74) is 8.38. The summed E-state index contributed by atoms with van der Waals surface area (Å²) in [5, 5.41) is 0. The van der Waals surface area contributed by atoms with E-state index in [2.05, 4.69) is 38.0 Å². The fraction of sp³-hybridized carbons (Fsp3) is 0.500. The van der Waals surface area contributed by atoms with Crippen LogP contribution >= 0.6 is 15.9 Å². The molecule has 1 aromatic rings. The van der Waals surface area contributed by atoms with Gasteiger partial charge < -0.3 is 15.4 Å². The van der Waals surface area contributed by atoms with E-state index in [4.69, 9.17) is 10.5 Å². The molecule has 0 saturated heterocycles. The Morgan fingerprint density at radius 2 is 2.32 bits per heavy atom. The van der Waals surface area contributed by atoms with Gasteiger partial charge in [-0.05, 0) is 30.5 Å². The van der Waals surface area contributed by atoms with E-state index < -0.39 is 0 Å². The van der Waals surface area contributed by atoms with Gasteiger partial charge >= 0.3 is 0 Å². The highest BCUT2D eigenvalue weighted by Crippen LogP contribution is 2.33. The van der Waals surface area contributed by atoms with E-state index in [0.717, 1.165) is 28.8 Å². The molecule has 0 amide bonds. The van der Waals surface area contributed by atoms with Gasteiger partial charge in [-0.2, -0.15) is 0 Å². The SMILES string of the molecule is CN(C(N)=NCc1cc(Br)cc2c1OCC2)C1CC1. The molecule has 0 aromatic heterocycles. The van der Waals surface area contributed by atoms with Crippen molar-refractivity contribution in [1.82, 2.24) is 4.90 Å². The molecule has 1 saturated carbocycles. The van der Waals surface area contributed by atoms with Crippen LogP contribution in [-0.2, 0) is 13.0 Å². The van der Waals surface area contributed by atoms with Crippen molar-refractivity contribution < 1.29 is 4.74 Å². The Kier molecular flexibility index (Phi) is 3.39. The molecule has 0 radical (unpaired) electrons. The lowest BCUT2D eigenvalue weighted by atomic mass is 10.1. The normalized spacial score (nSPS) is 18.1. The van der Waals surface area contributed by atoms with E-state index in [-0.39, 0.29) is 0 Å². The molecule has 5 heteroatoms. The van der Waals surface area contributed by atoms with Crippen LogP contribution in [0.3, 0.4) is 0 Å². The zero-order valence-electron chi connectivity index (χ0n) is 11.0. The standard InChI is InChI=1S/C14H18BrN3O/c1-18(12-2-3-12)14(16)17-8-10-7-11(15)6-9-4-5-19-13(9)10/h6-7,12H,2-5,8H2,1H3,(H2,16,17). The predicted octanol–water partition coefficient (Wildman–Crippen LogP) is 2.29. The first-order valence-corrected chi connectivity index (χ1v) is 7.41. The summed E-state index contributed by atoms with van der Waals surface area (Å²) in [6, 6.07) is 4.78. The number of guanidine groups is 1. The Hall–Kier alpha value is -1.23. The minimum Gasteiger partial charge on any atom is -0.493 e. The van der Waals surface area contributed by atoms with Gasteiger partial charge in [0.25, 0.3) is 0 Å². The highest BCUT2D eigenvalue weighted by Gasteiger charge is 2.27. The summed E-state index contributed by atoms with van der Waals surface area (Å²) in [6.07, 6.45) is 3.42. The second-order valence-electron chi connectivity index (χ2n) is 5.17. The molecular formula is C14H18BrN3O. The molecule has 1 heterocycles. The Bertz CT molecular complexity index is 526. The summed E-state index contributed by atoms with van der Waals surface area (Å²) in [6.45, 7) is 1.34. The van der Waals surface area contributed by atoms with Crippen LogP contribution in [-0.4, -0.2) is 30.6 Å². The van der Waals surface area contributed by atoms with E-state index in [1.165, 1.54) is 18.4 Å². The summed E-state index contributed by atoms with van der Waals surface area (Å²) < 4.78 is 6.77. The summed E-state index contributed by atoms with van der Waals surface area (Å²) in [7, 11) is 2.01. The monoisotopic (exact) mass is 323 g/mol. The van der Waals surface area contributed by atoms with E-state index in [0.29, 0.717) is 18.5 Å². The molecule has 0 bridgehead atoms. The van der Waals surface area contributed by atoms with Crippen LogP contribution in [0.5, 0.6) is 5.75 Å². The smallest absolute Gasteiger partial charge is 0.191 e. The number of benzene rings is 1. The molecule has 0 atom stereocenters. The number of ether oxygens (including phenoxy) is 1. The first kappa shape index (κ1) is 12.8. The Morgan fingerprint density at radius 3 is 3.05 bits per heavy atom. The second kappa shape index (κ2) is 5.04. The molecule has 1 aromatic carbocycles. The number of fused-ring (bicyclic) bond motifs is 1.